The summed E-state index contributed by atoms with van der Waals surface area (Å²) in [4.78, 5) is 10.9. The Hall–Kier alpha value is -2.58. The third-order valence-corrected chi connectivity index (χ3v) is 6.44. The van der Waals surface area contributed by atoms with Crippen LogP contribution >= 0.6 is 0 Å². The first-order valence-electron chi connectivity index (χ1n) is 8.99. The van der Waals surface area contributed by atoms with Gasteiger partial charge in [0.05, 0.1) is 16.9 Å². The fourth-order valence-corrected chi connectivity index (χ4v) is 4.94. The zero-order valence-corrected chi connectivity index (χ0v) is 16.0. The van der Waals surface area contributed by atoms with Crippen LogP contribution in [-0.2, 0) is 19.1 Å². The van der Waals surface area contributed by atoms with Crippen LogP contribution in [0.15, 0.2) is 47.4 Å². The van der Waals surface area contributed by atoms with Crippen molar-refractivity contribution in [2.45, 2.75) is 42.8 Å². The molecule has 0 bridgehead atoms. The fourth-order valence-electron chi connectivity index (χ4n) is 3.82. The summed E-state index contributed by atoms with van der Waals surface area (Å²) in [5, 5.41) is 8.83. The largest absolute Gasteiger partial charge is 0.485 e. The highest BCUT2D eigenvalue weighted by Gasteiger charge is 2.48. The molecule has 1 fully saturated rings. The van der Waals surface area contributed by atoms with E-state index in [1.807, 2.05) is 13.0 Å². The molecular weight excluding hydrogens is 384 g/mol. The number of hydrogen-bond donors (Lipinski definition) is 1. The van der Waals surface area contributed by atoms with Crippen LogP contribution in [0.4, 0.5) is 0 Å². The quantitative estimate of drug-likeness (QED) is 0.739. The molecule has 0 spiro atoms. The summed E-state index contributed by atoms with van der Waals surface area (Å²) >= 11 is 0. The maximum absolute atomic E-state index is 12.7. The van der Waals surface area contributed by atoms with E-state index < -0.39 is 28.8 Å². The summed E-state index contributed by atoms with van der Waals surface area (Å²) in [5.41, 5.74) is 1.75. The average Bonchev–Trinajstić information content (AvgIpc) is 3.20. The van der Waals surface area contributed by atoms with Gasteiger partial charge in [0.1, 0.15) is 6.10 Å². The monoisotopic (exact) mass is 404 g/mol. The molecule has 2 aromatic rings. The van der Waals surface area contributed by atoms with Crippen LogP contribution in [0.3, 0.4) is 0 Å². The van der Waals surface area contributed by atoms with Crippen LogP contribution in [0.2, 0.25) is 0 Å². The molecule has 2 aliphatic rings. The van der Waals surface area contributed by atoms with Crippen molar-refractivity contribution in [1.82, 2.24) is 0 Å². The molecule has 28 heavy (non-hydrogen) atoms. The number of fused-ring (bicyclic) bond motifs is 3. The molecule has 0 aromatic heterocycles. The topological polar surface area (TPSA) is 99.1 Å². The van der Waals surface area contributed by atoms with E-state index in [1.54, 1.807) is 24.3 Å². The number of carboxylic acids is 1. The second-order valence-electron chi connectivity index (χ2n) is 7.02. The lowest BCUT2D eigenvalue weighted by Crippen LogP contribution is -2.24. The van der Waals surface area contributed by atoms with E-state index in [0.717, 1.165) is 11.1 Å². The second-order valence-corrected chi connectivity index (χ2v) is 8.59. The summed E-state index contributed by atoms with van der Waals surface area (Å²) in [7, 11) is -3.90. The van der Waals surface area contributed by atoms with Crippen molar-refractivity contribution in [2.24, 2.45) is 0 Å². The number of rotatable bonds is 6. The molecular formula is C20H20O7S. The Morgan fingerprint density at radius 2 is 1.93 bits per heavy atom. The van der Waals surface area contributed by atoms with Crippen LogP contribution in [0, 0.1) is 6.92 Å². The van der Waals surface area contributed by atoms with Gasteiger partial charge in [-0.25, -0.2) is 4.79 Å². The first-order chi connectivity index (χ1) is 13.3. The van der Waals surface area contributed by atoms with Crippen molar-refractivity contribution in [3.05, 3.63) is 53.6 Å². The van der Waals surface area contributed by atoms with Crippen molar-refractivity contribution < 1.29 is 32.0 Å². The lowest BCUT2D eigenvalue weighted by Gasteiger charge is -2.18. The van der Waals surface area contributed by atoms with E-state index in [2.05, 4.69) is 0 Å². The Balaban J connectivity index is 1.58. The molecule has 2 aromatic carbocycles. The predicted octanol–water partition coefficient (Wildman–Crippen LogP) is 2.87. The number of carboxylic acid groups (broad SMARTS) is 1. The Labute approximate surface area is 163 Å². The van der Waals surface area contributed by atoms with Crippen molar-refractivity contribution in [1.29, 1.82) is 0 Å². The lowest BCUT2D eigenvalue weighted by molar-refractivity contribution is -0.139. The highest BCUT2D eigenvalue weighted by molar-refractivity contribution is 7.86. The summed E-state index contributed by atoms with van der Waals surface area (Å²) in [6.45, 7) is 1.41. The molecule has 1 saturated carbocycles. The smallest absolute Gasteiger partial charge is 0.341 e. The number of benzene rings is 2. The molecule has 8 heteroatoms. The van der Waals surface area contributed by atoms with E-state index >= 15 is 0 Å². The Morgan fingerprint density at radius 1 is 1.18 bits per heavy atom. The molecule has 3 atom stereocenters. The van der Waals surface area contributed by atoms with E-state index in [0.29, 0.717) is 24.3 Å². The normalized spacial score (nSPS) is 23.0. The number of aryl methyl sites for hydroxylation is 1. The minimum Gasteiger partial charge on any atom is -0.485 e. The molecule has 1 heterocycles. The zero-order valence-electron chi connectivity index (χ0n) is 15.2. The predicted molar refractivity (Wildman–Crippen MR) is 99.2 cm³/mol. The van der Waals surface area contributed by atoms with Gasteiger partial charge in [-0.2, -0.15) is 8.42 Å². The highest BCUT2D eigenvalue weighted by Crippen LogP contribution is 2.52. The molecule has 4 rings (SSSR count). The maximum Gasteiger partial charge on any atom is 0.341 e. The highest BCUT2D eigenvalue weighted by atomic mass is 32.2. The molecule has 0 saturated heterocycles. The summed E-state index contributed by atoms with van der Waals surface area (Å²) in [6.07, 6.45) is 0.432. The van der Waals surface area contributed by atoms with E-state index in [1.165, 1.54) is 12.1 Å². The fraction of sp³-hybridized carbons (Fsp3) is 0.350. The minimum absolute atomic E-state index is 0.124. The first kappa shape index (κ1) is 18.8. The SMILES string of the molecule is Cc1ccc(S(=O)(=O)OC2CCC3Oc4c(OCC(=O)O)cccc4C32)cc1. The average molecular weight is 404 g/mol. The van der Waals surface area contributed by atoms with Gasteiger partial charge >= 0.3 is 5.97 Å². The number of para-hydroxylation sites is 1. The third kappa shape index (κ3) is 3.45. The molecule has 1 aliphatic carbocycles. The van der Waals surface area contributed by atoms with Gasteiger partial charge in [0.15, 0.2) is 18.1 Å². The van der Waals surface area contributed by atoms with Crippen LogP contribution in [0.5, 0.6) is 11.5 Å². The van der Waals surface area contributed by atoms with Crippen molar-refractivity contribution >= 4 is 16.1 Å². The Kier molecular flexibility index (Phi) is 4.76. The van der Waals surface area contributed by atoms with Gasteiger partial charge < -0.3 is 14.6 Å². The maximum atomic E-state index is 12.7. The number of aliphatic carboxylic acids is 1. The van der Waals surface area contributed by atoms with Crippen LogP contribution in [0.1, 0.15) is 29.9 Å². The van der Waals surface area contributed by atoms with E-state index in [-0.39, 0.29) is 16.9 Å². The number of hydrogen-bond acceptors (Lipinski definition) is 6. The van der Waals surface area contributed by atoms with Crippen LogP contribution in [0.25, 0.3) is 0 Å². The molecule has 3 unspecified atom stereocenters. The molecule has 0 amide bonds. The van der Waals surface area contributed by atoms with Gasteiger partial charge in [-0.3, -0.25) is 4.18 Å². The molecule has 148 valence electrons. The number of ether oxygens (including phenoxy) is 2. The number of carbonyl (C=O) groups is 1. The van der Waals surface area contributed by atoms with E-state index in [9.17, 15) is 13.2 Å². The standard InChI is InChI=1S/C20H20O7S/c1-12-5-7-13(8-6-12)28(23,24)27-16-10-9-15-19(16)14-3-2-4-17(20(14)26-15)25-11-18(21)22/h2-8,15-16,19H,9-11H2,1H3,(H,21,22). The first-order valence-corrected chi connectivity index (χ1v) is 10.4. The van der Waals surface area contributed by atoms with Crippen molar-refractivity contribution in [2.75, 3.05) is 6.61 Å². The zero-order chi connectivity index (χ0) is 19.9. The Morgan fingerprint density at radius 3 is 2.64 bits per heavy atom. The lowest BCUT2D eigenvalue weighted by atomic mass is 9.95. The van der Waals surface area contributed by atoms with Gasteiger partial charge in [-0.15, -0.1) is 0 Å². The molecule has 7 nitrogen and oxygen atoms in total. The second kappa shape index (κ2) is 7.10. The van der Waals surface area contributed by atoms with Gasteiger partial charge in [0.2, 0.25) is 0 Å². The molecule has 0 radical (unpaired) electrons. The van der Waals surface area contributed by atoms with E-state index in [4.69, 9.17) is 18.8 Å². The van der Waals surface area contributed by atoms with Gasteiger partial charge in [0, 0.05) is 5.56 Å². The van der Waals surface area contributed by atoms with Crippen LogP contribution in [-0.4, -0.2) is 38.3 Å². The summed E-state index contributed by atoms with van der Waals surface area (Å²) in [5.74, 6) is -0.515. The van der Waals surface area contributed by atoms with Crippen LogP contribution < -0.4 is 9.47 Å². The van der Waals surface area contributed by atoms with Gasteiger partial charge in [-0.05, 0) is 38.0 Å². The van der Waals surface area contributed by atoms with Crippen molar-refractivity contribution in [3.8, 4) is 11.5 Å². The van der Waals surface area contributed by atoms with Gasteiger partial charge in [0.25, 0.3) is 10.1 Å². The van der Waals surface area contributed by atoms with Gasteiger partial charge in [-0.1, -0.05) is 29.8 Å². The summed E-state index contributed by atoms with van der Waals surface area (Å²) in [6, 6.07) is 11.8. The Bertz CT molecular complexity index is 998. The summed E-state index contributed by atoms with van der Waals surface area (Å²) < 4.78 is 42.2. The third-order valence-electron chi connectivity index (χ3n) is 5.09. The van der Waals surface area contributed by atoms with Crippen molar-refractivity contribution in [3.63, 3.8) is 0 Å². The minimum atomic E-state index is -3.90. The molecule has 1 N–H and O–H groups in total. The molecule has 1 aliphatic heterocycles.